The van der Waals surface area contributed by atoms with Crippen molar-refractivity contribution in [3.05, 3.63) is 58.9 Å². The molecule has 4 nitrogen and oxygen atoms in total. The molecule has 0 bridgehead atoms. The maximum Gasteiger partial charge on any atom is 0.273 e. The summed E-state index contributed by atoms with van der Waals surface area (Å²) in [5.74, 6) is 0.465. The van der Waals surface area contributed by atoms with E-state index in [0.29, 0.717) is 11.5 Å². The number of hydrogen-bond acceptors (Lipinski definition) is 2. The standard InChI is InChI=1S/C20H23N3O/c1-5-15-8-9-17-16(11-15)14(4)19(23(17)6-2)20(24)22-18-10-7-13(3)12-21-18/h7-12H,5-6H2,1-4H3,(H,21,22,24). The molecule has 3 aromatic rings. The second-order valence-corrected chi connectivity index (χ2v) is 6.10. The van der Waals surface area contributed by atoms with Crippen LogP contribution in [0.1, 0.15) is 41.0 Å². The van der Waals surface area contributed by atoms with Crippen molar-refractivity contribution in [2.75, 3.05) is 5.32 Å². The van der Waals surface area contributed by atoms with Crippen LogP contribution in [0.15, 0.2) is 36.5 Å². The molecule has 3 rings (SSSR count). The zero-order valence-electron chi connectivity index (χ0n) is 14.7. The van der Waals surface area contributed by atoms with Crippen molar-refractivity contribution < 1.29 is 4.79 Å². The first-order chi connectivity index (χ1) is 11.5. The number of nitrogens with one attached hydrogen (secondary N) is 1. The zero-order chi connectivity index (χ0) is 17.3. The summed E-state index contributed by atoms with van der Waals surface area (Å²) < 4.78 is 2.08. The molecule has 0 spiro atoms. The van der Waals surface area contributed by atoms with Crippen LogP contribution in [0, 0.1) is 13.8 Å². The van der Waals surface area contributed by atoms with E-state index in [1.807, 2.05) is 26.0 Å². The van der Waals surface area contributed by atoms with E-state index < -0.39 is 0 Å². The average molecular weight is 321 g/mol. The number of rotatable bonds is 4. The SMILES string of the molecule is CCc1ccc2c(c1)c(C)c(C(=O)Nc1ccc(C)cn1)n2CC. The lowest BCUT2D eigenvalue weighted by atomic mass is 10.1. The lowest BCUT2D eigenvalue weighted by Gasteiger charge is -2.09. The van der Waals surface area contributed by atoms with Gasteiger partial charge in [0.2, 0.25) is 0 Å². The van der Waals surface area contributed by atoms with E-state index in [-0.39, 0.29) is 5.91 Å². The van der Waals surface area contributed by atoms with Crippen molar-refractivity contribution in [3.8, 4) is 0 Å². The van der Waals surface area contributed by atoms with Crippen LogP contribution in [0.3, 0.4) is 0 Å². The van der Waals surface area contributed by atoms with Gasteiger partial charge in [0, 0.05) is 23.6 Å². The molecule has 0 aliphatic carbocycles. The lowest BCUT2D eigenvalue weighted by Crippen LogP contribution is -2.18. The van der Waals surface area contributed by atoms with Gasteiger partial charge < -0.3 is 9.88 Å². The molecule has 0 saturated carbocycles. The number of carbonyl (C=O) groups is 1. The van der Waals surface area contributed by atoms with E-state index in [1.54, 1.807) is 6.20 Å². The molecule has 1 amide bonds. The average Bonchev–Trinajstić information content (AvgIpc) is 2.88. The van der Waals surface area contributed by atoms with Gasteiger partial charge in [0.1, 0.15) is 11.5 Å². The normalized spacial score (nSPS) is 11.0. The largest absolute Gasteiger partial charge is 0.337 e. The van der Waals surface area contributed by atoms with Gasteiger partial charge in [-0.25, -0.2) is 4.98 Å². The molecule has 24 heavy (non-hydrogen) atoms. The summed E-state index contributed by atoms with van der Waals surface area (Å²) in [7, 11) is 0. The number of benzene rings is 1. The molecule has 2 aromatic heterocycles. The lowest BCUT2D eigenvalue weighted by molar-refractivity contribution is 0.101. The Morgan fingerprint density at radius 3 is 2.58 bits per heavy atom. The number of pyridine rings is 1. The quantitative estimate of drug-likeness (QED) is 0.769. The van der Waals surface area contributed by atoms with Gasteiger partial charge in [-0.3, -0.25) is 4.79 Å². The first-order valence-corrected chi connectivity index (χ1v) is 8.40. The van der Waals surface area contributed by atoms with Gasteiger partial charge in [-0.1, -0.05) is 19.1 Å². The summed E-state index contributed by atoms with van der Waals surface area (Å²) in [5, 5.41) is 4.07. The Balaban J connectivity index is 2.05. The predicted octanol–water partition coefficient (Wildman–Crippen LogP) is 4.49. The van der Waals surface area contributed by atoms with E-state index in [2.05, 4.69) is 46.9 Å². The van der Waals surface area contributed by atoms with Crippen LogP contribution < -0.4 is 5.32 Å². The van der Waals surface area contributed by atoms with Crippen LogP contribution >= 0.6 is 0 Å². The van der Waals surface area contributed by atoms with Crippen molar-refractivity contribution in [1.29, 1.82) is 0 Å². The molecule has 0 aliphatic rings. The first-order valence-electron chi connectivity index (χ1n) is 8.40. The molecule has 124 valence electrons. The number of fused-ring (bicyclic) bond motifs is 1. The van der Waals surface area contributed by atoms with Gasteiger partial charge in [-0.05, 0) is 62.1 Å². The van der Waals surface area contributed by atoms with Crippen LogP contribution in [0.2, 0.25) is 0 Å². The molecular weight excluding hydrogens is 298 g/mol. The number of aryl methyl sites for hydroxylation is 4. The van der Waals surface area contributed by atoms with E-state index in [4.69, 9.17) is 0 Å². The van der Waals surface area contributed by atoms with E-state index in [9.17, 15) is 4.79 Å². The Bertz CT molecular complexity index is 891. The van der Waals surface area contributed by atoms with Gasteiger partial charge in [-0.15, -0.1) is 0 Å². The highest BCUT2D eigenvalue weighted by molar-refractivity contribution is 6.08. The predicted molar refractivity (Wildman–Crippen MR) is 98.7 cm³/mol. The number of nitrogens with zero attached hydrogens (tertiary/aromatic N) is 2. The third-order valence-electron chi connectivity index (χ3n) is 4.47. The van der Waals surface area contributed by atoms with Crippen molar-refractivity contribution in [2.45, 2.75) is 40.7 Å². The van der Waals surface area contributed by atoms with E-state index in [0.717, 1.165) is 35.0 Å². The van der Waals surface area contributed by atoms with Gasteiger partial charge in [-0.2, -0.15) is 0 Å². The molecule has 1 aromatic carbocycles. The Kier molecular flexibility index (Phi) is 4.38. The number of aromatic nitrogens is 2. The molecule has 0 saturated heterocycles. The third-order valence-corrected chi connectivity index (χ3v) is 4.47. The molecule has 0 aliphatic heterocycles. The summed E-state index contributed by atoms with van der Waals surface area (Å²) >= 11 is 0. The van der Waals surface area contributed by atoms with Crippen LogP contribution in [-0.4, -0.2) is 15.5 Å². The maximum atomic E-state index is 12.9. The minimum atomic E-state index is -0.111. The van der Waals surface area contributed by atoms with Gasteiger partial charge in [0.25, 0.3) is 5.91 Å². The Morgan fingerprint density at radius 2 is 1.96 bits per heavy atom. The van der Waals surface area contributed by atoms with Gasteiger partial charge in [0.05, 0.1) is 0 Å². The topological polar surface area (TPSA) is 46.9 Å². The third kappa shape index (κ3) is 2.80. The van der Waals surface area contributed by atoms with Gasteiger partial charge >= 0.3 is 0 Å². The fourth-order valence-electron chi connectivity index (χ4n) is 3.13. The van der Waals surface area contributed by atoms with Crippen LogP contribution in [-0.2, 0) is 13.0 Å². The van der Waals surface area contributed by atoms with Crippen molar-refractivity contribution >= 4 is 22.6 Å². The maximum absolute atomic E-state index is 12.9. The number of amides is 1. The van der Waals surface area contributed by atoms with E-state index in [1.165, 1.54) is 5.56 Å². The van der Waals surface area contributed by atoms with Crippen LogP contribution in [0.4, 0.5) is 5.82 Å². The van der Waals surface area contributed by atoms with Crippen LogP contribution in [0.5, 0.6) is 0 Å². The zero-order valence-corrected chi connectivity index (χ0v) is 14.7. The highest BCUT2D eigenvalue weighted by Gasteiger charge is 2.20. The Hall–Kier alpha value is -2.62. The number of anilines is 1. The molecule has 0 radical (unpaired) electrons. The molecular formula is C20H23N3O. The number of hydrogen-bond donors (Lipinski definition) is 1. The summed E-state index contributed by atoms with van der Waals surface area (Å²) in [6.45, 7) is 8.95. The van der Waals surface area contributed by atoms with Crippen molar-refractivity contribution in [3.63, 3.8) is 0 Å². The highest BCUT2D eigenvalue weighted by atomic mass is 16.2. The van der Waals surface area contributed by atoms with Crippen LogP contribution in [0.25, 0.3) is 10.9 Å². The summed E-state index contributed by atoms with van der Waals surface area (Å²) in [6.07, 6.45) is 2.74. The fourth-order valence-corrected chi connectivity index (χ4v) is 3.13. The number of carbonyl (C=O) groups excluding carboxylic acids is 1. The van der Waals surface area contributed by atoms with Crippen molar-refractivity contribution in [1.82, 2.24) is 9.55 Å². The molecule has 2 heterocycles. The second kappa shape index (κ2) is 6.48. The Labute approximate surface area is 142 Å². The highest BCUT2D eigenvalue weighted by Crippen LogP contribution is 2.27. The second-order valence-electron chi connectivity index (χ2n) is 6.10. The fraction of sp³-hybridized carbons (Fsp3) is 0.300. The first kappa shape index (κ1) is 16.2. The molecule has 0 fully saturated rings. The summed E-state index contributed by atoms with van der Waals surface area (Å²) in [6, 6.07) is 10.2. The molecule has 0 atom stereocenters. The minimum absolute atomic E-state index is 0.111. The summed E-state index contributed by atoms with van der Waals surface area (Å²) in [4.78, 5) is 17.1. The molecule has 0 unspecified atom stereocenters. The van der Waals surface area contributed by atoms with Gasteiger partial charge in [0.15, 0.2) is 0 Å². The van der Waals surface area contributed by atoms with E-state index >= 15 is 0 Å². The van der Waals surface area contributed by atoms with Crippen molar-refractivity contribution in [2.24, 2.45) is 0 Å². The molecule has 4 heteroatoms. The Morgan fingerprint density at radius 1 is 1.17 bits per heavy atom. The summed E-state index contributed by atoms with van der Waals surface area (Å²) in [5.41, 5.74) is 5.19. The monoisotopic (exact) mass is 321 g/mol. The minimum Gasteiger partial charge on any atom is -0.337 e. The smallest absolute Gasteiger partial charge is 0.273 e. The molecule has 1 N–H and O–H groups in total.